The standard InChI is InChI=1S/C27H26ClN3O4S/c1-35-15-14-29-26(34)22-4-2-3-5-23(22)30-25(33)19-8-10-20(11-9-19)27-31(24(32)17-36-27)16-18-6-12-21(28)13-7-18/h2-13,27H,14-17H2,1H3,(H,29,34)(H,30,33)/t27-/m1/s1. The van der Waals surface area contributed by atoms with E-state index in [1.54, 1.807) is 55.3 Å². The number of thioether (sulfide) groups is 1. The van der Waals surface area contributed by atoms with Crippen molar-refractivity contribution in [3.8, 4) is 0 Å². The van der Waals surface area contributed by atoms with E-state index in [9.17, 15) is 14.4 Å². The Morgan fingerprint density at radius 1 is 1.03 bits per heavy atom. The molecule has 186 valence electrons. The summed E-state index contributed by atoms with van der Waals surface area (Å²) in [6, 6.07) is 21.5. The zero-order valence-electron chi connectivity index (χ0n) is 19.7. The maximum Gasteiger partial charge on any atom is 0.255 e. The second-order valence-corrected chi connectivity index (χ2v) is 9.69. The first kappa shape index (κ1) is 25.8. The van der Waals surface area contributed by atoms with Gasteiger partial charge in [-0.2, -0.15) is 0 Å². The summed E-state index contributed by atoms with van der Waals surface area (Å²) >= 11 is 7.54. The minimum atomic E-state index is -0.327. The molecule has 1 aliphatic rings. The first-order valence-corrected chi connectivity index (χ1v) is 12.8. The lowest BCUT2D eigenvalue weighted by molar-refractivity contribution is -0.128. The third-order valence-corrected chi connectivity index (χ3v) is 7.21. The number of para-hydroxylation sites is 1. The van der Waals surface area contributed by atoms with E-state index in [4.69, 9.17) is 16.3 Å². The molecule has 1 heterocycles. The largest absolute Gasteiger partial charge is 0.383 e. The van der Waals surface area contributed by atoms with Gasteiger partial charge in [0.1, 0.15) is 5.37 Å². The molecule has 1 aliphatic heterocycles. The van der Waals surface area contributed by atoms with Crippen LogP contribution in [0.3, 0.4) is 0 Å². The van der Waals surface area contributed by atoms with Gasteiger partial charge in [0.15, 0.2) is 0 Å². The van der Waals surface area contributed by atoms with Crippen LogP contribution in [0.1, 0.15) is 37.2 Å². The first-order valence-electron chi connectivity index (χ1n) is 11.4. The van der Waals surface area contributed by atoms with Crippen LogP contribution in [0.25, 0.3) is 0 Å². The third-order valence-electron chi connectivity index (χ3n) is 5.70. The topological polar surface area (TPSA) is 87.7 Å². The molecule has 3 aromatic carbocycles. The Balaban J connectivity index is 1.44. The molecule has 1 fully saturated rings. The van der Waals surface area contributed by atoms with Crippen molar-refractivity contribution in [3.63, 3.8) is 0 Å². The smallest absolute Gasteiger partial charge is 0.255 e. The zero-order chi connectivity index (χ0) is 25.5. The van der Waals surface area contributed by atoms with Gasteiger partial charge in [0, 0.05) is 30.8 Å². The molecule has 7 nitrogen and oxygen atoms in total. The molecule has 36 heavy (non-hydrogen) atoms. The van der Waals surface area contributed by atoms with Crippen molar-refractivity contribution >= 4 is 46.8 Å². The van der Waals surface area contributed by atoms with Gasteiger partial charge in [-0.1, -0.05) is 48.0 Å². The van der Waals surface area contributed by atoms with Crippen LogP contribution in [-0.4, -0.2) is 48.6 Å². The Hall–Kier alpha value is -3.33. The van der Waals surface area contributed by atoms with E-state index < -0.39 is 0 Å². The van der Waals surface area contributed by atoms with E-state index >= 15 is 0 Å². The number of benzene rings is 3. The summed E-state index contributed by atoms with van der Waals surface area (Å²) in [5.41, 5.74) is 3.19. The molecule has 0 saturated carbocycles. The van der Waals surface area contributed by atoms with Gasteiger partial charge in [0.05, 0.1) is 23.6 Å². The fourth-order valence-corrected chi connectivity index (χ4v) is 5.15. The molecule has 0 unspecified atom stereocenters. The quantitative estimate of drug-likeness (QED) is 0.395. The first-order chi connectivity index (χ1) is 17.5. The molecule has 3 amide bonds. The lowest BCUT2D eigenvalue weighted by Crippen LogP contribution is -2.28. The van der Waals surface area contributed by atoms with Gasteiger partial charge in [-0.15, -0.1) is 11.8 Å². The molecule has 1 saturated heterocycles. The van der Waals surface area contributed by atoms with E-state index in [-0.39, 0.29) is 23.1 Å². The van der Waals surface area contributed by atoms with Crippen LogP contribution >= 0.6 is 23.4 Å². The second-order valence-electron chi connectivity index (χ2n) is 8.18. The van der Waals surface area contributed by atoms with E-state index in [1.807, 2.05) is 41.3 Å². The van der Waals surface area contributed by atoms with Crippen LogP contribution in [0, 0.1) is 0 Å². The number of methoxy groups -OCH3 is 1. The van der Waals surface area contributed by atoms with Crippen LogP contribution in [0.15, 0.2) is 72.8 Å². The number of anilines is 1. The van der Waals surface area contributed by atoms with Crippen LogP contribution in [-0.2, 0) is 16.1 Å². The highest BCUT2D eigenvalue weighted by Gasteiger charge is 2.32. The maximum atomic E-state index is 12.9. The molecule has 4 rings (SSSR count). The number of ether oxygens (including phenoxy) is 1. The summed E-state index contributed by atoms with van der Waals surface area (Å²) in [6.45, 7) is 1.25. The molecule has 2 N–H and O–H groups in total. The lowest BCUT2D eigenvalue weighted by Gasteiger charge is -2.24. The Bertz CT molecular complexity index is 1230. The minimum Gasteiger partial charge on any atom is -0.383 e. The van der Waals surface area contributed by atoms with Gasteiger partial charge >= 0.3 is 0 Å². The van der Waals surface area contributed by atoms with Crippen molar-refractivity contribution in [1.29, 1.82) is 0 Å². The van der Waals surface area contributed by atoms with Gasteiger partial charge in [0.2, 0.25) is 5.91 Å². The van der Waals surface area contributed by atoms with Gasteiger partial charge < -0.3 is 20.3 Å². The second kappa shape index (κ2) is 12.1. The molecule has 1 atom stereocenters. The molecule has 0 aliphatic carbocycles. The minimum absolute atomic E-state index is 0.0714. The van der Waals surface area contributed by atoms with Crippen molar-refractivity contribution in [1.82, 2.24) is 10.2 Å². The van der Waals surface area contributed by atoms with Gasteiger partial charge in [-0.05, 0) is 47.5 Å². The maximum absolute atomic E-state index is 12.9. The summed E-state index contributed by atoms with van der Waals surface area (Å²) in [4.78, 5) is 39.8. The molecule has 0 aromatic heterocycles. The van der Waals surface area contributed by atoms with E-state index in [2.05, 4.69) is 10.6 Å². The van der Waals surface area contributed by atoms with Crippen LogP contribution < -0.4 is 10.6 Å². The molecular formula is C27H26ClN3O4S. The van der Waals surface area contributed by atoms with Crippen molar-refractivity contribution in [2.24, 2.45) is 0 Å². The Morgan fingerprint density at radius 2 is 1.75 bits per heavy atom. The van der Waals surface area contributed by atoms with Crippen molar-refractivity contribution in [3.05, 3.63) is 100 Å². The SMILES string of the molecule is COCCNC(=O)c1ccccc1NC(=O)c1ccc([C@H]2SCC(=O)N2Cc2ccc(Cl)cc2)cc1. The molecule has 0 spiro atoms. The van der Waals surface area contributed by atoms with Crippen LogP contribution in [0.5, 0.6) is 0 Å². The third kappa shape index (κ3) is 6.26. The highest BCUT2D eigenvalue weighted by Crippen LogP contribution is 2.39. The lowest BCUT2D eigenvalue weighted by atomic mass is 10.1. The zero-order valence-corrected chi connectivity index (χ0v) is 21.3. The number of nitrogens with zero attached hydrogens (tertiary/aromatic N) is 1. The number of halogens is 1. The Labute approximate surface area is 219 Å². The molecule has 0 radical (unpaired) electrons. The monoisotopic (exact) mass is 523 g/mol. The van der Waals surface area contributed by atoms with Gasteiger partial charge in [-0.3, -0.25) is 14.4 Å². The number of rotatable bonds is 9. The average molecular weight is 524 g/mol. The summed E-state index contributed by atoms with van der Waals surface area (Å²) < 4.78 is 4.96. The van der Waals surface area contributed by atoms with E-state index in [0.29, 0.717) is 47.3 Å². The van der Waals surface area contributed by atoms with E-state index in [0.717, 1.165) is 11.1 Å². The fourth-order valence-electron chi connectivity index (χ4n) is 3.83. The Morgan fingerprint density at radius 3 is 2.47 bits per heavy atom. The predicted molar refractivity (Wildman–Crippen MR) is 142 cm³/mol. The summed E-state index contributed by atoms with van der Waals surface area (Å²) in [7, 11) is 1.56. The highest BCUT2D eigenvalue weighted by atomic mass is 35.5. The number of carbonyl (C=O) groups is 3. The van der Waals surface area contributed by atoms with Crippen LogP contribution in [0.4, 0.5) is 5.69 Å². The summed E-state index contributed by atoms with van der Waals surface area (Å²) in [5.74, 6) is -0.139. The molecule has 3 aromatic rings. The predicted octanol–water partition coefficient (Wildman–Crippen LogP) is 4.74. The number of nitrogens with one attached hydrogen (secondary N) is 2. The number of carbonyl (C=O) groups excluding carboxylic acids is 3. The molecule has 9 heteroatoms. The average Bonchev–Trinajstić information content (AvgIpc) is 3.25. The normalized spacial score (nSPS) is 15.1. The molecular weight excluding hydrogens is 498 g/mol. The number of amides is 3. The number of hydrogen-bond acceptors (Lipinski definition) is 5. The van der Waals surface area contributed by atoms with Gasteiger partial charge in [-0.25, -0.2) is 0 Å². The van der Waals surface area contributed by atoms with Crippen LogP contribution in [0.2, 0.25) is 5.02 Å². The van der Waals surface area contributed by atoms with Crippen molar-refractivity contribution < 1.29 is 19.1 Å². The summed E-state index contributed by atoms with van der Waals surface area (Å²) in [6.07, 6.45) is 0. The van der Waals surface area contributed by atoms with Gasteiger partial charge in [0.25, 0.3) is 11.8 Å². The fraction of sp³-hybridized carbons (Fsp3) is 0.222. The Kier molecular flexibility index (Phi) is 8.64. The van der Waals surface area contributed by atoms with Crippen molar-refractivity contribution in [2.75, 3.05) is 31.3 Å². The summed E-state index contributed by atoms with van der Waals surface area (Å²) in [5, 5.41) is 6.11. The number of hydrogen-bond donors (Lipinski definition) is 2. The highest BCUT2D eigenvalue weighted by molar-refractivity contribution is 8.00. The van der Waals surface area contributed by atoms with Crippen molar-refractivity contribution in [2.45, 2.75) is 11.9 Å². The molecule has 0 bridgehead atoms. The van der Waals surface area contributed by atoms with E-state index in [1.165, 1.54) is 0 Å².